The zero-order chi connectivity index (χ0) is 18.4. The lowest BCUT2D eigenvalue weighted by atomic mass is 10.1. The largest absolute Gasteiger partial charge is 0.435 e. The number of sulfonamides is 1. The van der Waals surface area contributed by atoms with Crippen molar-refractivity contribution < 1.29 is 21.9 Å². The summed E-state index contributed by atoms with van der Waals surface area (Å²) < 4.78 is 55.6. The summed E-state index contributed by atoms with van der Waals surface area (Å²) in [6, 6.07) is 11.9. The van der Waals surface area contributed by atoms with E-state index in [0.717, 1.165) is 5.41 Å². The van der Waals surface area contributed by atoms with Crippen molar-refractivity contribution in [2.24, 2.45) is 0 Å². The van der Waals surface area contributed by atoms with Crippen LogP contribution in [0, 0.1) is 0 Å². The van der Waals surface area contributed by atoms with E-state index >= 15 is 0 Å². The zero-order valence-electron chi connectivity index (χ0n) is 13.2. The number of alkyl halides is 2. The Morgan fingerprint density at radius 1 is 1.16 bits per heavy atom. The van der Waals surface area contributed by atoms with E-state index in [-0.39, 0.29) is 5.75 Å². The maximum Gasteiger partial charge on any atom is 0.387 e. The second-order valence-corrected chi connectivity index (χ2v) is 7.22. The van der Waals surface area contributed by atoms with Crippen molar-refractivity contribution in [2.75, 3.05) is 0 Å². The molecule has 8 heteroatoms. The first-order valence-electron chi connectivity index (χ1n) is 7.26. The highest BCUT2D eigenvalue weighted by atomic mass is 35.5. The average molecular weight is 388 g/mol. The molecule has 0 heterocycles. The standard InChI is InChI=1S/C17H16ClF2NO3S/c1-12(14-3-2-4-16(11-14)24-17(19)20)21-25(22,23)10-9-13-5-7-15(18)8-6-13/h2-12,17,21H,1H3/b10-9+. The van der Waals surface area contributed by atoms with Crippen LogP contribution in [-0.4, -0.2) is 15.0 Å². The van der Waals surface area contributed by atoms with Crippen molar-refractivity contribution in [3.8, 4) is 5.75 Å². The third-order valence-corrected chi connectivity index (χ3v) is 4.66. The highest BCUT2D eigenvalue weighted by Crippen LogP contribution is 2.21. The third kappa shape index (κ3) is 6.45. The molecule has 25 heavy (non-hydrogen) atoms. The van der Waals surface area contributed by atoms with Gasteiger partial charge < -0.3 is 4.74 Å². The predicted octanol–water partition coefficient (Wildman–Crippen LogP) is 4.59. The molecule has 0 amide bonds. The summed E-state index contributed by atoms with van der Waals surface area (Å²) in [6.07, 6.45) is 1.43. The Bertz CT molecular complexity index is 839. The van der Waals surface area contributed by atoms with Crippen LogP contribution in [-0.2, 0) is 10.0 Å². The van der Waals surface area contributed by atoms with Gasteiger partial charge >= 0.3 is 6.61 Å². The van der Waals surface area contributed by atoms with Crippen LogP contribution in [0.1, 0.15) is 24.1 Å². The molecule has 1 unspecified atom stereocenters. The summed E-state index contributed by atoms with van der Waals surface area (Å²) in [6.45, 7) is -1.33. The maximum atomic E-state index is 12.3. The number of rotatable bonds is 7. The van der Waals surface area contributed by atoms with Gasteiger partial charge in [0.05, 0.1) is 0 Å². The summed E-state index contributed by atoms with van der Waals surface area (Å²) in [4.78, 5) is 0. The second kappa shape index (κ2) is 8.42. The lowest BCUT2D eigenvalue weighted by Crippen LogP contribution is -2.24. The summed E-state index contributed by atoms with van der Waals surface area (Å²) in [5.41, 5.74) is 1.18. The fraction of sp³-hybridized carbons (Fsp3) is 0.176. The molecule has 2 aromatic carbocycles. The van der Waals surface area contributed by atoms with Gasteiger partial charge in [-0.1, -0.05) is 35.9 Å². The number of hydrogen-bond donors (Lipinski definition) is 1. The maximum absolute atomic E-state index is 12.3. The van der Waals surface area contributed by atoms with E-state index in [1.54, 1.807) is 37.3 Å². The Balaban J connectivity index is 2.07. The van der Waals surface area contributed by atoms with Gasteiger partial charge in [0.15, 0.2) is 0 Å². The fourth-order valence-corrected chi connectivity index (χ4v) is 3.23. The van der Waals surface area contributed by atoms with Crippen molar-refractivity contribution in [3.05, 3.63) is 70.1 Å². The second-order valence-electron chi connectivity index (χ2n) is 5.19. The molecule has 1 atom stereocenters. The van der Waals surface area contributed by atoms with Gasteiger partial charge in [-0.25, -0.2) is 13.1 Å². The van der Waals surface area contributed by atoms with Gasteiger partial charge in [-0.15, -0.1) is 0 Å². The number of benzene rings is 2. The topological polar surface area (TPSA) is 55.4 Å². The first kappa shape index (κ1) is 19.4. The molecule has 0 radical (unpaired) electrons. The molecule has 1 N–H and O–H groups in total. The van der Waals surface area contributed by atoms with E-state index in [9.17, 15) is 17.2 Å². The van der Waals surface area contributed by atoms with Crippen LogP contribution in [0.3, 0.4) is 0 Å². The van der Waals surface area contributed by atoms with Crippen LogP contribution >= 0.6 is 11.6 Å². The van der Waals surface area contributed by atoms with Gasteiger partial charge in [0, 0.05) is 16.5 Å². The van der Waals surface area contributed by atoms with E-state index in [4.69, 9.17) is 11.6 Å². The smallest absolute Gasteiger partial charge is 0.387 e. The quantitative estimate of drug-likeness (QED) is 0.755. The average Bonchev–Trinajstić information content (AvgIpc) is 2.53. The third-order valence-electron chi connectivity index (χ3n) is 3.23. The van der Waals surface area contributed by atoms with Crippen LogP contribution in [0.25, 0.3) is 6.08 Å². The molecule has 0 fully saturated rings. The molecule has 2 rings (SSSR count). The summed E-state index contributed by atoms with van der Waals surface area (Å²) in [7, 11) is -3.73. The van der Waals surface area contributed by atoms with E-state index in [0.29, 0.717) is 16.1 Å². The molecule has 0 aliphatic heterocycles. The summed E-state index contributed by atoms with van der Waals surface area (Å²) in [5.74, 6) is -0.0322. The highest BCUT2D eigenvalue weighted by Gasteiger charge is 2.14. The van der Waals surface area contributed by atoms with Crippen molar-refractivity contribution in [1.82, 2.24) is 4.72 Å². The van der Waals surface area contributed by atoms with E-state index in [1.165, 1.54) is 24.3 Å². The van der Waals surface area contributed by atoms with Gasteiger partial charge in [0.25, 0.3) is 0 Å². The predicted molar refractivity (Wildman–Crippen MR) is 94.0 cm³/mol. The monoisotopic (exact) mass is 387 g/mol. The summed E-state index contributed by atoms with van der Waals surface area (Å²) in [5, 5.41) is 1.59. The molecule has 134 valence electrons. The van der Waals surface area contributed by atoms with Crippen molar-refractivity contribution in [1.29, 1.82) is 0 Å². The van der Waals surface area contributed by atoms with E-state index in [1.807, 2.05) is 0 Å². The van der Waals surface area contributed by atoms with E-state index in [2.05, 4.69) is 9.46 Å². The van der Waals surface area contributed by atoms with Crippen LogP contribution in [0.4, 0.5) is 8.78 Å². The van der Waals surface area contributed by atoms with Crippen molar-refractivity contribution in [2.45, 2.75) is 19.6 Å². The number of nitrogens with one attached hydrogen (secondary N) is 1. The van der Waals surface area contributed by atoms with Crippen LogP contribution < -0.4 is 9.46 Å². The van der Waals surface area contributed by atoms with Gasteiger partial charge in [-0.2, -0.15) is 8.78 Å². The highest BCUT2D eigenvalue weighted by molar-refractivity contribution is 7.92. The van der Waals surface area contributed by atoms with E-state index < -0.39 is 22.7 Å². The lowest BCUT2D eigenvalue weighted by Gasteiger charge is -2.14. The molecular formula is C17H16ClF2NO3S. The minimum Gasteiger partial charge on any atom is -0.435 e. The Labute approximate surface area is 150 Å². The molecule has 2 aromatic rings. The molecule has 0 saturated carbocycles. The van der Waals surface area contributed by atoms with Gasteiger partial charge in [-0.3, -0.25) is 0 Å². The number of hydrogen-bond acceptors (Lipinski definition) is 3. The van der Waals surface area contributed by atoms with Gasteiger partial charge in [-0.05, 0) is 48.4 Å². The van der Waals surface area contributed by atoms with Crippen LogP contribution in [0.15, 0.2) is 53.9 Å². The molecule has 0 saturated heterocycles. The first-order chi connectivity index (χ1) is 11.7. The molecule has 0 aliphatic rings. The Morgan fingerprint density at radius 2 is 1.84 bits per heavy atom. The Morgan fingerprint density at radius 3 is 2.48 bits per heavy atom. The normalized spacial score (nSPS) is 13.3. The molecule has 0 aliphatic carbocycles. The van der Waals surface area contributed by atoms with Crippen LogP contribution in [0.5, 0.6) is 5.75 Å². The Kier molecular flexibility index (Phi) is 6.52. The molecule has 4 nitrogen and oxygen atoms in total. The molecule has 0 aromatic heterocycles. The van der Waals surface area contributed by atoms with Crippen molar-refractivity contribution >= 4 is 27.7 Å². The Hall–Kier alpha value is -1.96. The van der Waals surface area contributed by atoms with Gasteiger partial charge in [0.1, 0.15) is 5.75 Å². The molecule has 0 bridgehead atoms. The summed E-state index contributed by atoms with van der Waals surface area (Å²) >= 11 is 5.77. The van der Waals surface area contributed by atoms with Crippen LogP contribution in [0.2, 0.25) is 5.02 Å². The lowest BCUT2D eigenvalue weighted by molar-refractivity contribution is -0.0499. The van der Waals surface area contributed by atoms with Gasteiger partial charge in [0.2, 0.25) is 10.0 Å². The SMILES string of the molecule is CC(NS(=O)(=O)/C=C/c1ccc(Cl)cc1)c1cccc(OC(F)F)c1. The zero-order valence-corrected chi connectivity index (χ0v) is 14.8. The van der Waals surface area contributed by atoms with Crippen molar-refractivity contribution in [3.63, 3.8) is 0 Å². The molecule has 0 spiro atoms. The minimum absolute atomic E-state index is 0.0322. The number of halogens is 3. The minimum atomic E-state index is -3.73. The molecular weight excluding hydrogens is 372 g/mol. The fourth-order valence-electron chi connectivity index (χ4n) is 2.06. The first-order valence-corrected chi connectivity index (χ1v) is 9.18. The number of ether oxygens (including phenoxy) is 1.